The molecule has 0 unspecified atom stereocenters. The van der Waals surface area contributed by atoms with Crippen molar-refractivity contribution < 1.29 is 5.11 Å². The third-order valence-electron chi connectivity index (χ3n) is 10.7. The van der Waals surface area contributed by atoms with Crippen molar-refractivity contribution in [3.8, 4) is 66.8 Å². The van der Waals surface area contributed by atoms with Gasteiger partial charge in [0.25, 0.3) is 0 Å². The molecule has 0 bridgehead atoms. The topological polar surface area (TPSA) is 23.5 Å². The van der Waals surface area contributed by atoms with Crippen LogP contribution in [-0.2, 0) is 6.61 Å². The summed E-state index contributed by atoms with van der Waals surface area (Å²) in [4.78, 5) is 2.33. The standard InChI is InChI=1S/C55H41NO/c57-39-40-11-13-43(14-12-40)46-23-25-49(26-24-46)52-31-37-55(38-32-52)56(53-33-27-50(28-34-53)47-19-15-44(16-20-47)41-7-3-1-4-8-41)54-35-29-51(30-36-54)48-21-17-45(18-22-48)42-9-5-2-6-10-42/h1-38,57H,39H2. The van der Waals surface area contributed by atoms with E-state index in [0.29, 0.717) is 0 Å². The van der Waals surface area contributed by atoms with Gasteiger partial charge in [-0.1, -0.05) is 194 Å². The summed E-state index contributed by atoms with van der Waals surface area (Å²) in [5.41, 5.74) is 18.4. The number of aliphatic hydroxyl groups excluding tert-OH is 1. The second-order valence-corrected chi connectivity index (χ2v) is 14.3. The quantitative estimate of drug-likeness (QED) is 0.151. The van der Waals surface area contributed by atoms with E-state index in [4.69, 9.17) is 0 Å². The predicted octanol–water partition coefficient (Wildman–Crippen LogP) is 14.7. The van der Waals surface area contributed by atoms with Gasteiger partial charge < -0.3 is 10.0 Å². The van der Waals surface area contributed by atoms with Gasteiger partial charge in [-0.2, -0.15) is 0 Å². The van der Waals surface area contributed by atoms with E-state index in [9.17, 15) is 5.11 Å². The molecule has 2 heteroatoms. The zero-order chi connectivity index (χ0) is 38.4. The maximum atomic E-state index is 9.43. The zero-order valence-electron chi connectivity index (χ0n) is 31.5. The summed E-state index contributed by atoms with van der Waals surface area (Å²) >= 11 is 0. The molecule has 0 amide bonds. The molecule has 0 aromatic heterocycles. The van der Waals surface area contributed by atoms with Crippen LogP contribution in [-0.4, -0.2) is 5.11 Å². The lowest BCUT2D eigenvalue weighted by Gasteiger charge is -2.26. The van der Waals surface area contributed by atoms with Gasteiger partial charge in [-0.25, -0.2) is 0 Å². The Morgan fingerprint density at radius 2 is 0.421 bits per heavy atom. The Bertz CT molecular complexity index is 2540. The lowest BCUT2D eigenvalue weighted by molar-refractivity contribution is 0.282. The normalized spacial score (nSPS) is 11.0. The molecule has 0 aliphatic carbocycles. The van der Waals surface area contributed by atoms with Crippen LogP contribution in [0.1, 0.15) is 5.56 Å². The fraction of sp³-hybridized carbons (Fsp3) is 0.0182. The molecule has 0 atom stereocenters. The van der Waals surface area contributed by atoms with Crippen molar-refractivity contribution in [1.29, 1.82) is 0 Å². The molecule has 1 N–H and O–H groups in total. The third kappa shape index (κ3) is 7.81. The molecule has 9 aromatic carbocycles. The minimum absolute atomic E-state index is 0.0528. The van der Waals surface area contributed by atoms with Crippen LogP contribution >= 0.6 is 0 Å². The molecule has 0 spiro atoms. The van der Waals surface area contributed by atoms with E-state index in [1.807, 2.05) is 12.1 Å². The van der Waals surface area contributed by atoms with Gasteiger partial charge in [0.15, 0.2) is 0 Å². The maximum Gasteiger partial charge on any atom is 0.0681 e. The van der Waals surface area contributed by atoms with Crippen LogP contribution in [0, 0.1) is 0 Å². The molecule has 272 valence electrons. The van der Waals surface area contributed by atoms with Gasteiger partial charge in [0.2, 0.25) is 0 Å². The molecule has 0 saturated heterocycles. The molecule has 0 heterocycles. The van der Waals surface area contributed by atoms with Crippen molar-refractivity contribution in [3.63, 3.8) is 0 Å². The van der Waals surface area contributed by atoms with Gasteiger partial charge >= 0.3 is 0 Å². The molecule has 0 radical (unpaired) electrons. The van der Waals surface area contributed by atoms with Crippen LogP contribution in [0.25, 0.3) is 66.8 Å². The van der Waals surface area contributed by atoms with Crippen LogP contribution in [0.5, 0.6) is 0 Å². The molecular weight excluding hydrogens is 691 g/mol. The van der Waals surface area contributed by atoms with E-state index in [1.54, 1.807) is 0 Å². The van der Waals surface area contributed by atoms with E-state index < -0.39 is 0 Å². The lowest BCUT2D eigenvalue weighted by Crippen LogP contribution is -2.09. The average molecular weight is 732 g/mol. The minimum atomic E-state index is 0.0528. The highest BCUT2D eigenvalue weighted by Crippen LogP contribution is 2.38. The summed E-state index contributed by atoms with van der Waals surface area (Å²) in [7, 11) is 0. The number of anilines is 3. The molecule has 2 nitrogen and oxygen atoms in total. The molecule has 0 aliphatic heterocycles. The highest BCUT2D eigenvalue weighted by atomic mass is 16.3. The number of nitrogens with zero attached hydrogens (tertiary/aromatic N) is 1. The first-order valence-electron chi connectivity index (χ1n) is 19.4. The minimum Gasteiger partial charge on any atom is -0.392 e. The van der Waals surface area contributed by atoms with Crippen LogP contribution in [0.15, 0.2) is 231 Å². The molecule has 9 aromatic rings. The van der Waals surface area contributed by atoms with Gasteiger partial charge in [0.05, 0.1) is 6.61 Å². The summed E-state index contributed by atoms with van der Waals surface area (Å²) in [6, 6.07) is 82.0. The van der Waals surface area contributed by atoms with Crippen molar-refractivity contribution in [1.82, 2.24) is 0 Å². The van der Waals surface area contributed by atoms with Crippen molar-refractivity contribution in [2.75, 3.05) is 4.90 Å². The number of rotatable bonds is 10. The van der Waals surface area contributed by atoms with Crippen LogP contribution in [0.3, 0.4) is 0 Å². The van der Waals surface area contributed by atoms with E-state index in [0.717, 1.165) is 44.9 Å². The molecule has 0 fully saturated rings. The Hall–Kier alpha value is -7.26. The molecular formula is C55H41NO. The third-order valence-corrected chi connectivity index (χ3v) is 10.7. The molecule has 0 saturated carbocycles. The lowest BCUT2D eigenvalue weighted by atomic mass is 9.99. The van der Waals surface area contributed by atoms with Crippen molar-refractivity contribution in [2.45, 2.75) is 6.61 Å². The first-order valence-corrected chi connectivity index (χ1v) is 19.4. The summed E-state index contributed by atoms with van der Waals surface area (Å²) in [6.07, 6.45) is 0. The fourth-order valence-corrected chi connectivity index (χ4v) is 7.49. The van der Waals surface area contributed by atoms with Crippen molar-refractivity contribution in [3.05, 3.63) is 236 Å². The van der Waals surface area contributed by atoms with E-state index >= 15 is 0 Å². The van der Waals surface area contributed by atoms with Crippen molar-refractivity contribution in [2.24, 2.45) is 0 Å². The van der Waals surface area contributed by atoms with Gasteiger partial charge in [0.1, 0.15) is 0 Å². The first kappa shape index (κ1) is 35.4. The second-order valence-electron chi connectivity index (χ2n) is 14.3. The monoisotopic (exact) mass is 731 g/mol. The smallest absolute Gasteiger partial charge is 0.0681 e. The van der Waals surface area contributed by atoms with E-state index in [1.165, 1.54) is 44.5 Å². The highest BCUT2D eigenvalue weighted by molar-refractivity contribution is 5.82. The highest BCUT2D eigenvalue weighted by Gasteiger charge is 2.14. The zero-order valence-corrected chi connectivity index (χ0v) is 31.5. The van der Waals surface area contributed by atoms with Gasteiger partial charge in [-0.15, -0.1) is 0 Å². The predicted molar refractivity (Wildman–Crippen MR) is 240 cm³/mol. The molecule has 9 rings (SSSR count). The fourth-order valence-electron chi connectivity index (χ4n) is 7.49. The van der Waals surface area contributed by atoms with Gasteiger partial charge in [-0.3, -0.25) is 0 Å². The number of benzene rings is 9. The number of aliphatic hydroxyl groups is 1. The Labute approximate surface area is 335 Å². The van der Waals surface area contributed by atoms with E-state index in [-0.39, 0.29) is 6.61 Å². The Morgan fingerprint density at radius 1 is 0.228 bits per heavy atom. The van der Waals surface area contributed by atoms with Crippen molar-refractivity contribution >= 4 is 17.1 Å². The first-order chi connectivity index (χ1) is 28.2. The Kier molecular flexibility index (Phi) is 10.1. The van der Waals surface area contributed by atoms with E-state index in [2.05, 4.69) is 223 Å². The van der Waals surface area contributed by atoms with Crippen LogP contribution in [0.2, 0.25) is 0 Å². The second kappa shape index (κ2) is 16.2. The number of hydrogen-bond acceptors (Lipinski definition) is 2. The van der Waals surface area contributed by atoms with Gasteiger partial charge in [0, 0.05) is 17.1 Å². The van der Waals surface area contributed by atoms with Crippen LogP contribution < -0.4 is 4.90 Å². The van der Waals surface area contributed by atoms with Crippen LogP contribution in [0.4, 0.5) is 17.1 Å². The summed E-state index contributed by atoms with van der Waals surface area (Å²) in [5, 5.41) is 9.43. The Balaban J connectivity index is 1.01. The van der Waals surface area contributed by atoms with Gasteiger partial charge in [-0.05, 0) is 109 Å². The number of hydrogen-bond donors (Lipinski definition) is 1. The summed E-state index contributed by atoms with van der Waals surface area (Å²) in [6.45, 7) is 0.0528. The summed E-state index contributed by atoms with van der Waals surface area (Å²) in [5.74, 6) is 0. The largest absolute Gasteiger partial charge is 0.392 e. The SMILES string of the molecule is OCc1ccc(-c2ccc(-c3ccc(N(c4ccc(-c5ccc(-c6ccccc6)cc5)cc4)c4ccc(-c5ccc(-c6ccccc6)cc5)cc4)cc3)cc2)cc1. The summed E-state index contributed by atoms with van der Waals surface area (Å²) < 4.78 is 0. The Morgan fingerprint density at radius 3 is 0.649 bits per heavy atom. The molecule has 57 heavy (non-hydrogen) atoms. The maximum absolute atomic E-state index is 9.43. The molecule has 0 aliphatic rings. The average Bonchev–Trinajstić information content (AvgIpc) is 3.31.